The van der Waals surface area contributed by atoms with Gasteiger partial charge in [0, 0.05) is 38.4 Å². The predicted octanol–water partition coefficient (Wildman–Crippen LogP) is 1.95. The number of benzene rings is 1. The number of nitrogen functional groups attached to an aromatic ring is 1. The van der Waals surface area contributed by atoms with Gasteiger partial charge in [-0.2, -0.15) is 0 Å². The summed E-state index contributed by atoms with van der Waals surface area (Å²) in [6, 6.07) is 5.42. The van der Waals surface area contributed by atoms with Crippen molar-refractivity contribution in [3.05, 3.63) is 23.8 Å². The highest BCUT2D eigenvalue weighted by Gasteiger charge is 2.27. The highest BCUT2D eigenvalue weighted by Crippen LogP contribution is 2.29. The maximum Gasteiger partial charge on any atom is 0.253 e. The molecule has 1 aromatic rings. The Morgan fingerprint density at radius 3 is 2.55 bits per heavy atom. The van der Waals surface area contributed by atoms with E-state index in [1.165, 1.54) is 0 Å². The number of amides is 1. The van der Waals surface area contributed by atoms with Crippen molar-refractivity contribution in [3.63, 3.8) is 0 Å². The van der Waals surface area contributed by atoms with E-state index in [0.717, 1.165) is 31.7 Å². The number of nitrogens with two attached hydrogens (primary N) is 1. The molecule has 5 nitrogen and oxygen atoms in total. The zero-order chi connectivity index (χ0) is 14.8. The third-order valence-electron chi connectivity index (χ3n) is 3.74. The van der Waals surface area contributed by atoms with Gasteiger partial charge in [0.1, 0.15) is 0 Å². The maximum atomic E-state index is 11.9. The lowest BCUT2D eigenvalue weighted by Gasteiger charge is -2.35. The molecule has 0 saturated carbocycles. The molecule has 1 amide bonds. The Balaban J connectivity index is 2.15. The summed E-state index contributed by atoms with van der Waals surface area (Å²) in [5, 5.41) is 3.49. The van der Waals surface area contributed by atoms with Crippen LogP contribution in [0.5, 0.6) is 0 Å². The lowest BCUT2D eigenvalue weighted by molar-refractivity contribution is 0.0658. The number of hydrogen-bond donors (Lipinski definition) is 2. The second kappa shape index (κ2) is 5.71. The fourth-order valence-corrected chi connectivity index (χ4v) is 2.34. The first-order valence-electron chi connectivity index (χ1n) is 6.88. The molecule has 3 N–H and O–H groups in total. The molecule has 1 fully saturated rings. The molecule has 20 heavy (non-hydrogen) atoms. The summed E-state index contributed by atoms with van der Waals surface area (Å²) in [6.45, 7) is 3.70. The van der Waals surface area contributed by atoms with Gasteiger partial charge in [-0.25, -0.2) is 0 Å². The third kappa shape index (κ3) is 3.22. The Morgan fingerprint density at radius 1 is 1.35 bits per heavy atom. The average molecular weight is 277 g/mol. The summed E-state index contributed by atoms with van der Waals surface area (Å²) in [6.07, 6.45) is 1.90. The van der Waals surface area contributed by atoms with E-state index in [9.17, 15) is 4.79 Å². The molecule has 1 aliphatic heterocycles. The molecule has 1 aliphatic rings. The number of nitrogens with one attached hydrogen (secondary N) is 1. The van der Waals surface area contributed by atoms with Crippen LogP contribution in [0.1, 0.15) is 30.1 Å². The normalized spacial score (nSPS) is 17.6. The third-order valence-corrected chi connectivity index (χ3v) is 3.74. The van der Waals surface area contributed by atoms with Crippen molar-refractivity contribution in [2.75, 3.05) is 38.4 Å². The Hall–Kier alpha value is -1.75. The van der Waals surface area contributed by atoms with Crippen LogP contribution in [0.15, 0.2) is 18.2 Å². The summed E-state index contributed by atoms with van der Waals surface area (Å²) in [7, 11) is 3.46. The highest BCUT2D eigenvalue weighted by molar-refractivity contribution is 5.95. The van der Waals surface area contributed by atoms with Gasteiger partial charge in [-0.05, 0) is 38.0 Å². The predicted molar refractivity (Wildman–Crippen MR) is 81.0 cm³/mol. The van der Waals surface area contributed by atoms with Crippen molar-refractivity contribution in [1.82, 2.24) is 4.90 Å². The number of carbonyl (C=O) groups excluding carboxylic acids is 1. The number of anilines is 2. The van der Waals surface area contributed by atoms with Gasteiger partial charge in [0.2, 0.25) is 0 Å². The van der Waals surface area contributed by atoms with Gasteiger partial charge >= 0.3 is 0 Å². The first kappa shape index (κ1) is 14.7. The quantitative estimate of drug-likeness (QED) is 0.829. The molecule has 0 atom stereocenters. The van der Waals surface area contributed by atoms with Crippen LogP contribution in [-0.4, -0.2) is 43.7 Å². The van der Waals surface area contributed by atoms with Crippen molar-refractivity contribution >= 4 is 17.3 Å². The van der Waals surface area contributed by atoms with Gasteiger partial charge in [0.15, 0.2) is 0 Å². The smallest absolute Gasteiger partial charge is 0.253 e. The van der Waals surface area contributed by atoms with Crippen LogP contribution >= 0.6 is 0 Å². The first-order chi connectivity index (χ1) is 9.41. The SMILES string of the molecule is CN(C)C(=O)c1ccc(NC2(C)CCOCC2)c(N)c1. The Labute approximate surface area is 120 Å². The summed E-state index contributed by atoms with van der Waals surface area (Å²) >= 11 is 0. The van der Waals surface area contributed by atoms with Gasteiger partial charge in [0.05, 0.1) is 11.4 Å². The molecule has 5 heteroatoms. The summed E-state index contributed by atoms with van der Waals surface area (Å²) in [5.74, 6) is -0.0412. The van der Waals surface area contributed by atoms with Crippen LogP contribution in [0, 0.1) is 0 Å². The standard InChI is InChI=1S/C15H23N3O2/c1-15(6-8-20-9-7-15)17-13-5-4-11(10-12(13)16)14(19)18(2)3/h4-5,10,17H,6-9,16H2,1-3H3. The average Bonchev–Trinajstić information content (AvgIpc) is 2.40. The molecule has 110 valence electrons. The molecular formula is C15H23N3O2. The van der Waals surface area contributed by atoms with Gasteiger partial charge < -0.3 is 20.7 Å². The summed E-state index contributed by atoms with van der Waals surface area (Å²) in [5.41, 5.74) is 8.16. The zero-order valence-electron chi connectivity index (χ0n) is 12.4. The first-order valence-corrected chi connectivity index (χ1v) is 6.88. The van der Waals surface area contributed by atoms with Gasteiger partial charge in [0.25, 0.3) is 5.91 Å². The minimum absolute atomic E-state index is 0.000552. The topological polar surface area (TPSA) is 67.6 Å². The van der Waals surface area contributed by atoms with Crippen molar-refractivity contribution in [1.29, 1.82) is 0 Å². The fourth-order valence-electron chi connectivity index (χ4n) is 2.34. The summed E-state index contributed by atoms with van der Waals surface area (Å²) in [4.78, 5) is 13.4. The van der Waals surface area contributed by atoms with E-state index in [1.54, 1.807) is 25.1 Å². The second-order valence-corrected chi connectivity index (χ2v) is 5.80. The van der Waals surface area contributed by atoms with E-state index < -0.39 is 0 Å². The molecule has 0 radical (unpaired) electrons. The zero-order valence-corrected chi connectivity index (χ0v) is 12.4. The van der Waals surface area contributed by atoms with E-state index in [4.69, 9.17) is 10.5 Å². The number of nitrogens with zero attached hydrogens (tertiary/aromatic N) is 1. The largest absolute Gasteiger partial charge is 0.397 e. The monoisotopic (exact) mass is 277 g/mol. The van der Waals surface area contributed by atoms with Crippen molar-refractivity contribution in [3.8, 4) is 0 Å². The van der Waals surface area contributed by atoms with Crippen LogP contribution in [0.4, 0.5) is 11.4 Å². The minimum Gasteiger partial charge on any atom is -0.397 e. The maximum absolute atomic E-state index is 11.9. The van der Waals surface area contributed by atoms with Crippen molar-refractivity contribution in [2.24, 2.45) is 0 Å². The van der Waals surface area contributed by atoms with Crippen LogP contribution < -0.4 is 11.1 Å². The molecule has 1 saturated heterocycles. The van der Waals surface area contributed by atoms with E-state index >= 15 is 0 Å². The summed E-state index contributed by atoms with van der Waals surface area (Å²) < 4.78 is 5.39. The molecular weight excluding hydrogens is 254 g/mol. The van der Waals surface area contributed by atoms with Crippen LogP contribution in [0.2, 0.25) is 0 Å². The van der Waals surface area contributed by atoms with Gasteiger partial charge in [-0.3, -0.25) is 4.79 Å². The van der Waals surface area contributed by atoms with Gasteiger partial charge in [-0.15, -0.1) is 0 Å². The van der Waals surface area contributed by atoms with Crippen LogP contribution in [0.25, 0.3) is 0 Å². The number of ether oxygens (including phenoxy) is 1. The fraction of sp³-hybridized carbons (Fsp3) is 0.533. The van der Waals surface area contributed by atoms with E-state index in [1.807, 2.05) is 12.1 Å². The van der Waals surface area contributed by atoms with Crippen molar-refractivity contribution in [2.45, 2.75) is 25.3 Å². The van der Waals surface area contributed by atoms with Crippen molar-refractivity contribution < 1.29 is 9.53 Å². The molecule has 0 spiro atoms. The molecule has 0 unspecified atom stereocenters. The minimum atomic E-state index is -0.0412. The second-order valence-electron chi connectivity index (χ2n) is 5.80. The van der Waals surface area contributed by atoms with Crippen LogP contribution in [0.3, 0.4) is 0 Å². The molecule has 0 bridgehead atoms. The van der Waals surface area contributed by atoms with Crippen LogP contribution in [-0.2, 0) is 4.74 Å². The van der Waals surface area contributed by atoms with E-state index in [0.29, 0.717) is 11.3 Å². The number of hydrogen-bond acceptors (Lipinski definition) is 4. The Kier molecular flexibility index (Phi) is 4.18. The Bertz CT molecular complexity index is 494. The number of rotatable bonds is 3. The van der Waals surface area contributed by atoms with Gasteiger partial charge in [-0.1, -0.05) is 0 Å². The Morgan fingerprint density at radius 2 is 2.00 bits per heavy atom. The lowest BCUT2D eigenvalue weighted by Crippen LogP contribution is -2.40. The molecule has 1 aromatic carbocycles. The van der Waals surface area contributed by atoms with E-state index in [-0.39, 0.29) is 11.4 Å². The lowest BCUT2D eigenvalue weighted by atomic mass is 9.92. The molecule has 1 heterocycles. The number of carbonyl (C=O) groups is 1. The van der Waals surface area contributed by atoms with E-state index in [2.05, 4.69) is 12.2 Å². The molecule has 0 aromatic heterocycles. The molecule has 0 aliphatic carbocycles. The molecule has 2 rings (SSSR count). The highest BCUT2D eigenvalue weighted by atomic mass is 16.5.